The SMILES string of the molecule is Cc1ccc(S(=O)(=O)c2c(C)n(-c3ncccn3)c3ccccc23)cc1. The van der Waals surface area contributed by atoms with E-state index in [-0.39, 0.29) is 4.90 Å². The van der Waals surface area contributed by atoms with Gasteiger partial charge in [0, 0.05) is 23.5 Å². The molecule has 5 nitrogen and oxygen atoms in total. The van der Waals surface area contributed by atoms with Gasteiger partial charge in [0.05, 0.1) is 10.4 Å². The summed E-state index contributed by atoms with van der Waals surface area (Å²) in [4.78, 5) is 9.17. The van der Waals surface area contributed by atoms with Crippen molar-refractivity contribution in [3.63, 3.8) is 0 Å². The highest BCUT2D eigenvalue weighted by Crippen LogP contribution is 2.34. The van der Waals surface area contributed by atoms with E-state index in [0.29, 0.717) is 21.9 Å². The highest BCUT2D eigenvalue weighted by Gasteiger charge is 2.27. The summed E-state index contributed by atoms with van der Waals surface area (Å²) in [5.74, 6) is 0.451. The Kier molecular flexibility index (Phi) is 3.85. The number of para-hydroxylation sites is 1. The number of aromatic nitrogens is 3. The lowest BCUT2D eigenvalue weighted by molar-refractivity contribution is 0.596. The van der Waals surface area contributed by atoms with Crippen LogP contribution < -0.4 is 0 Å². The Bertz CT molecular complexity index is 1200. The normalized spacial score (nSPS) is 11.8. The predicted molar refractivity (Wildman–Crippen MR) is 100 cm³/mol. The molecule has 0 saturated heterocycles. The molecule has 2 heterocycles. The zero-order chi connectivity index (χ0) is 18.3. The molecule has 0 N–H and O–H groups in total. The molecule has 0 bridgehead atoms. The Hall–Kier alpha value is -2.99. The van der Waals surface area contributed by atoms with Gasteiger partial charge < -0.3 is 0 Å². The zero-order valence-corrected chi connectivity index (χ0v) is 15.2. The number of hydrogen-bond donors (Lipinski definition) is 0. The highest BCUT2D eigenvalue weighted by molar-refractivity contribution is 7.91. The first-order valence-electron chi connectivity index (χ1n) is 8.19. The molecule has 2 aromatic heterocycles. The van der Waals surface area contributed by atoms with Gasteiger partial charge in [0.25, 0.3) is 0 Å². The summed E-state index contributed by atoms with van der Waals surface area (Å²) in [6.45, 7) is 3.72. The standard InChI is InChI=1S/C20H17N3O2S/c1-14-8-10-16(11-9-14)26(24,25)19-15(2)23(20-21-12-5-13-22-20)18-7-4-3-6-17(18)19/h3-13H,1-2H3. The lowest BCUT2D eigenvalue weighted by Gasteiger charge is -2.07. The van der Waals surface area contributed by atoms with Gasteiger partial charge in [-0.05, 0) is 38.1 Å². The van der Waals surface area contributed by atoms with Crippen molar-refractivity contribution in [2.45, 2.75) is 23.6 Å². The van der Waals surface area contributed by atoms with Crippen LogP contribution in [-0.4, -0.2) is 23.0 Å². The second kappa shape index (κ2) is 6.07. The molecule has 0 aliphatic carbocycles. The van der Waals surface area contributed by atoms with Gasteiger partial charge in [0.1, 0.15) is 4.90 Å². The Morgan fingerprint density at radius 3 is 2.19 bits per heavy atom. The molecule has 4 aromatic rings. The van der Waals surface area contributed by atoms with E-state index in [1.807, 2.05) is 43.3 Å². The van der Waals surface area contributed by atoms with Gasteiger partial charge in [0.15, 0.2) is 0 Å². The van der Waals surface area contributed by atoms with Gasteiger partial charge in [-0.2, -0.15) is 0 Å². The molecule has 4 rings (SSSR count). The van der Waals surface area contributed by atoms with Crippen molar-refractivity contribution >= 4 is 20.7 Å². The Morgan fingerprint density at radius 2 is 1.50 bits per heavy atom. The molecule has 0 radical (unpaired) electrons. The number of aryl methyl sites for hydroxylation is 1. The third kappa shape index (κ3) is 2.50. The van der Waals surface area contributed by atoms with Gasteiger partial charge in [0.2, 0.25) is 15.8 Å². The van der Waals surface area contributed by atoms with Crippen LogP contribution in [0, 0.1) is 13.8 Å². The second-order valence-corrected chi connectivity index (χ2v) is 8.02. The fourth-order valence-corrected chi connectivity index (χ4v) is 4.85. The van der Waals surface area contributed by atoms with E-state index < -0.39 is 9.84 Å². The fourth-order valence-electron chi connectivity index (χ4n) is 3.18. The topological polar surface area (TPSA) is 64.8 Å². The predicted octanol–water partition coefficient (Wildman–Crippen LogP) is 3.87. The zero-order valence-electron chi connectivity index (χ0n) is 14.4. The summed E-state index contributed by atoms with van der Waals surface area (Å²) in [6, 6.07) is 16.1. The summed E-state index contributed by atoms with van der Waals surface area (Å²) >= 11 is 0. The van der Waals surface area contributed by atoms with Crippen molar-refractivity contribution in [3.05, 3.63) is 78.2 Å². The number of benzene rings is 2. The van der Waals surface area contributed by atoms with E-state index in [2.05, 4.69) is 9.97 Å². The van der Waals surface area contributed by atoms with E-state index in [0.717, 1.165) is 11.1 Å². The smallest absolute Gasteiger partial charge is 0.234 e. The van der Waals surface area contributed by atoms with Crippen molar-refractivity contribution in [2.75, 3.05) is 0 Å². The van der Waals surface area contributed by atoms with Crippen molar-refractivity contribution < 1.29 is 8.42 Å². The van der Waals surface area contributed by atoms with E-state index in [9.17, 15) is 8.42 Å². The van der Waals surface area contributed by atoms with Crippen LogP contribution in [0.15, 0.2) is 76.8 Å². The summed E-state index contributed by atoms with van der Waals surface area (Å²) in [5, 5.41) is 0.665. The van der Waals surface area contributed by atoms with Crippen LogP contribution in [0.4, 0.5) is 0 Å². The van der Waals surface area contributed by atoms with E-state index in [1.54, 1.807) is 42.1 Å². The van der Waals surface area contributed by atoms with E-state index >= 15 is 0 Å². The second-order valence-electron chi connectivity index (χ2n) is 6.13. The van der Waals surface area contributed by atoms with Gasteiger partial charge in [-0.1, -0.05) is 35.9 Å². The average molecular weight is 363 g/mol. The molecule has 26 heavy (non-hydrogen) atoms. The molecule has 0 unspecified atom stereocenters. The lowest BCUT2D eigenvalue weighted by Crippen LogP contribution is -2.06. The van der Waals surface area contributed by atoms with Crippen LogP contribution in [0.2, 0.25) is 0 Å². The molecule has 0 aliphatic rings. The Morgan fingerprint density at radius 1 is 0.846 bits per heavy atom. The van der Waals surface area contributed by atoms with E-state index in [4.69, 9.17) is 0 Å². The maximum absolute atomic E-state index is 13.4. The number of sulfone groups is 1. The molecule has 0 atom stereocenters. The maximum atomic E-state index is 13.4. The molecular formula is C20H17N3O2S. The van der Waals surface area contributed by atoms with Crippen LogP contribution in [-0.2, 0) is 9.84 Å². The van der Waals surface area contributed by atoms with Crippen molar-refractivity contribution in [1.82, 2.24) is 14.5 Å². The summed E-state index contributed by atoms with van der Waals surface area (Å²) in [6.07, 6.45) is 3.29. The highest BCUT2D eigenvalue weighted by atomic mass is 32.2. The third-order valence-corrected chi connectivity index (χ3v) is 6.35. The number of rotatable bonds is 3. The van der Waals surface area contributed by atoms with E-state index in [1.165, 1.54) is 0 Å². The van der Waals surface area contributed by atoms with Crippen molar-refractivity contribution in [2.24, 2.45) is 0 Å². The van der Waals surface area contributed by atoms with Gasteiger partial charge in [-0.15, -0.1) is 0 Å². The fraction of sp³-hybridized carbons (Fsp3) is 0.100. The van der Waals surface area contributed by atoms with Gasteiger partial charge >= 0.3 is 0 Å². The van der Waals surface area contributed by atoms with Crippen LogP contribution in [0.25, 0.3) is 16.9 Å². The number of nitrogens with zero attached hydrogens (tertiary/aromatic N) is 3. The molecule has 6 heteroatoms. The molecule has 130 valence electrons. The maximum Gasteiger partial charge on any atom is 0.234 e. The average Bonchev–Trinajstić information content (AvgIpc) is 2.95. The summed E-state index contributed by atoms with van der Waals surface area (Å²) < 4.78 is 28.5. The minimum atomic E-state index is -3.68. The van der Waals surface area contributed by atoms with Crippen LogP contribution in [0.1, 0.15) is 11.3 Å². The first kappa shape index (κ1) is 16.5. The minimum Gasteiger partial charge on any atom is -0.281 e. The largest absolute Gasteiger partial charge is 0.281 e. The quantitative estimate of drug-likeness (QED) is 0.554. The van der Waals surface area contributed by atoms with Crippen molar-refractivity contribution in [3.8, 4) is 5.95 Å². The Balaban J connectivity index is 2.06. The molecule has 0 fully saturated rings. The molecule has 0 amide bonds. The minimum absolute atomic E-state index is 0.281. The molecule has 0 saturated carbocycles. The van der Waals surface area contributed by atoms with Crippen LogP contribution >= 0.6 is 0 Å². The summed E-state index contributed by atoms with van der Waals surface area (Å²) in [7, 11) is -3.68. The number of hydrogen-bond acceptors (Lipinski definition) is 4. The van der Waals surface area contributed by atoms with Crippen LogP contribution in [0.5, 0.6) is 0 Å². The first-order valence-corrected chi connectivity index (χ1v) is 9.67. The molecular weight excluding hydrogens is 346 g/mol. The van der Waals surface area contributed by atoms with Gasteiger partial charge in [-0.25, -0.2) is 18.4 Å². The monoisotopic (exact) mass is 363 g/mol. The van der Waals surface area contributed by atoms with Crippen LogP contribution in [0.3, 0.4) is 0 Å². The third-order valence-electron chi connectivity index (χ3n) is 4.41. The first-order chi connectivity index (χ1) is 12.5. The summed E-state index contributed by atoms with van der Waals surface area (Å²) in [5.41, 5.74) is 2.38. The lowest BCUT2D eigenvalue weighted by atomic mass is 10.2. The molecule has 2 aromatic carbocycles. The molecule has 0 spiro atoms. The number of fused-ring (bicyclic) bond motifs is 1. The molecule has 0 aliphatic heterocycles. The van der Waals surface area contributed by atoms with Gasteiger partial charge in [-0.3, -0.25) is 4.57 Å². The Labute approximate surface area is 151 Å². The van der Waals surface area contributed by atoms with Crippen molar-refractivity contribution in [1.29, 1.82) is 0 Å².